The van der Waals surface area contributed by atoms with E-state index < -0.39 is 0 Å². The molecule has 0 saturated heterocycles. The van der Waals surface area contributed by atoms with E-state index in [1.165, 1.54) is 0 Å². The number of ether oxygens (including phenoxy) is 1. The summed E-state index contributed by atoms with van der Waals surface area (Å²) in [6.45, 7) is 5.38. The third-order valence-electron chi connectivity index (χ3n) is 2.11. The second-order valence-corrected chi connectivity index (χ2v) is 3.28. The van der Waals surface area contributed by atoms with Crippen LogP contribution in [0.5, 0.6) is 5.88 Å². The van der Waals surface area contributed by atoms with Crippen molar-refractivity contribution in [2.45, 2.75) is 19.9 Å². The zero-order valence-corrected chi connectivity index (χ0v) is 9.23. The average molecular weight is 210 g/mol. The summed E-state index contributed by atoms with van der Waals surface area (Å²) in [5.74, 6) is 0.561. The summed E-state index contributed by atoms with van der Waals surface area (Å²) in [5.41, 5.74) is 1.14. The standard InChI is InChI=1S/C11H18N2O2/c1-3-12-9(2)10-4-5-13-11(8-10)15-7-6-14/h4-5,8-9,12,14H,3,6-7H2,1-2H3. The van der Waals surface area contributed by atoms with E-state index in [1.807, 2.05) is 12.1 Å². The maximum atomic E-state index is 8.63. The monoisotopic (exact) mass is 210 g/mol. The minimum atomic E-state index is 0.00860. The molecule has 1 aromatic rings. The van der Waals surface area contributed by atoms with Gasteiger partial charge in [-0.3, -0.25) is 0 Å². The number of aliphatic hydroxyl groups is 1. The van der Waals surface area contributed by atoms with E-state index >= 15 is 0 Å². The molecule has 0 aliphatic rings. The first-order chi connectivity index (χ1) is 7.27. The Kier molecular flexibility index (Phi) is 5.07. The van der Waals surface area contributed by atoms with Crippen LogP contribution in [0.25, 0.3) is 0 Å². The Morgan fingerprint density at radius 1 is 1.60 bits per heavy atom. The molecule has 1 unspecified atom stereocenters. The number of rotatable bonds is 6. The Morgan fingerprint density at radius 2 is 2.40 bits per heavy atom. The fourth-order valence-electron chi connectivity index (χ4n) is 1.35. The van der Waals surface area contributed by atoms with Crippen LogP contribution in [-0.2, 0) is 0 Å². The zero-order valence-electron chi connectivity index (χ0n) is 9.23. The summed E-state index contributed by atoms with van der Waals surface area (Å²) in [5, 5.41) is 11.9. The average Bonchev–Trinajstić information content (AvgIpc) is 2.27. The minimum absolute atomic E-state index is 0.00860. The Balaban J connectivity index is 2.64. The second kappa shape index (κ2) is 6.37. The molecule has 0 spiro atoms. The summed E-state index contributed by atoms with van der Waals surface area (Å²) < 4.78 is 5.24. The molecular weight excluding hydrogens is 192 g/mol. The van der Waals surface area contributed by atoms with E-state index in [1.54, 1.807) is 6.20 Å². The smallest absolute Gasteiger partial charge is 0.213 e. The van der Waals surface area contributed by atoms with Gasteiger partial charge in [0.15, 0.2) is 0 Å². The van der Waals surface area contributed by atoms with Crippen molar-refractivity contribution in [3.63, 3.8) is 0 Å². The number of hydrogen-bond acceptors (Lipinski definition) is 4. The minimum Gasteiger partial charge on any atom is -0.475 e. The van der Waals surface area contributed by atoms with E-state index in [2.05, 4.69) is 24.1 Å². The van der Waals surface area contributed by atoms with Crippen LogP contribution >= 0.6 is 0 Å². The van der Waals surface area contributed by atoms with Gasteiger partial charge in [0.25, 0.3) is 0 Å². The lowest BCUT2D eigenvalue weighted by Crippen LogP contribution is -2.17. The first-order valence-electron chi connectivity index (χ1n) is 5.21. The predicted molar refractivity (Wildman–Crippen MR) is 58.9 cm³/mol. The van der Waals surface area contributed by atoms with E-state index in [0.29, 0.717) is 5.88 Å². The normalized spacial score (nSPS) is 12.5. The van der Waals surface area contributed by atoms with Gasteiger partial charge in [-0.2, -0.15) is 0 Å². The van der Waals surface area contributed by atoms with Crippen molar-refractivity contribution in [1.82, 2.24) is 10.3 Å². The molecule has 0 aromatic carbocycles. The highest BCUT2D eigenvalue weighted by Crippen LogP contribution is 2.16. The van der Waals surface area contributed by atoms with Crippen LogP contribution in [0.4, 0.5) is 0 Å². The summed E-state index contributed by atoms with van der Waals surface area (Å²) in [6, 6.07) is 4.14. The van der Waals surface area contributed by atoms with Crippen molar-refractivity contribution in [2.75, 3.05) is 19.8 Å². The Labute approximate surface area is 90.3 Å². The van der Waals surface area contributed by atoms with Gasteiger partial charge in [0, 0.05) is 18.3 Å². The maximum Gasteiger partial charge on any atom is 0.213 e. The molecule has 0 aliphatic heterocycles. The number of aliphatic hydroxyl groups excluding tert-OH is 1. The Bertz CT molecular complexity index is 292. The van der Waals surface area contributed by atoms with Crippen molar-refractivity contribution < 1.29 is 9.84 Å². The molecule has 0 saturated carbocycles. The van der Waals surface area contributed by atoms with Gasteiger partial charge in [0.05, 0.1) is 6.61 Å². The van der Waals surface area contributed by atoms with Crippen LogP contribution in [0.15, 0.2) is 18.3 Å². The largest absolute Gasteiger partial charge is 0.475 e. The Hall–Kier alpha value is -1.13. The molecule has 0 radical (unpaired) electrons. The summed E-state index contributed by atoms with van der Waals surface area (Å²) in [7, 11) is 0. The lowest BCUT2D eigenvalue weighted by molar-refractivity contribution is 0.196. The van der Waals surface area contributed by atoms with Crippen molar-refractivity contribution >= 4 is 0 Å². The highest BCUT2D eigenvalue weighted by Gasteiger charge is 2.05. The molecule has 1 atom stereocenters. The highest BCUT2D eigenvalue weighted by molar-refractivity contribution is 5.23. The van der Waals surface area contributed by atoms with Gasteiger partial charge < -0.3 is 15.2 Å². The zero-order chi connectivity index (χ0) is 11.1. The molecule has 1 heterocycles. The van der Waals surface area contributed by atoms with Gasteiger partial charge >= 0.3 is 0 Å². The first kappa shape index (κ1) is 11.9. The number of nitrogens with one attached hydrogen (secondary N) is 1. The van der Waals surface area contributed by atoms with Crippen LogP contribution in [0, 0.1) is 0 Å². The van der Waals surface area contributed by atoms with Gasteiger partial charge in [0.1, 0.15) is 6.61 Å². The molecule has 0 fully saturated rings. The van der Waals surface area contributed by atoms with Crippen LogP contribution in [0.3, 0.4) is 0 Å². The van der Waals surface area contributed by atoms with Crippen LogP contribution < -0.4 is 10.1 Å². The molecule has 15 heavy (non-hydrogen) atoms. The van der Waals surface area contributed by atoms with Gasteiger partial charge in [-0.05, 0) is 25.1 Å². The van der Waals surface area contributed by atoms with E-state index in [0.717, 1.165) is 12.1 Å². The van der Waals surface area contributed by atoms with Gasteiger partial charge in [-0.25, -0.2) is 4.98 Å². The molecule has 84 valence electrons. The highest BCUT2D eigenvalue weighted by atomic mass is 16.5. The van der Waals surface area contributed by atoms with Crippen molar-refractivity contribution in [1.29, 1.82) is 0 Å². The van der Waals surface area contributed by atoms with E-state index in [9.17, 15) is 0 Å². The lowest BCUT2D eigenvalue weighted by atomic mass is 10.1. The molecule has 4 heteroatoms. The topological polar surface area (TPSA) is 54.4 Å². The summed E-state index contributed by atoms with van der Waals surface area (Å²) in [4.78, 5) is 4.06. The van der Waals surface area contributed by atoms with Crippen molar-refractivity contribution in [3.05, 3.63) is 23.9 Å². The number of hydrogen-bond donors (Lipinski definition) is 2. The van der Waals surface area contributed by atoms with Crippen LogP contribution in [0.1, 0.15) is 25.5 Å². The first-order valence-corrected chi connectivity index (χ1v) is 5.21. The number of nitrogens with zero attached hydrogens (tertiary/aromatic N) is 1. The molecule has 2 N–H and O–H groups in total. The quantitative estimate of drug-likeness (QED) is 0.739. The molecule has 4 nitrogen and oxygen atoms in total. The second-order valence-electron chi connectivity index (χ2n) is 3.28. The molecular formula is C11H18N2O2. The summed E-state index contributed by atoms with van der Waals surface area (Å²) in [6.07, 6.45) is 1.72. The molecule has 0 bridgehead atoms. The fraction of sp³-hybridized carbons (Fsp3) is 0.545. The van der Waals surface area contributed by atoms with Gasteiger partial charge in [0.2, 0.25) is 5.88 Å². The maximum absolute atomic E-state index is 8.63. The van der Waals surface area contributed by atoms with E-state index in [4.69, 9.17) is 9.84 Å². The van der Waals surface area contributed by atoms with Crippen LogP contribution in [-0.4, -0.2) is 29.8 Å². The van der Waals surface area contributed by atoms with Crippen LogP contribution in [0.2, 0.25) is 0 Å². The third-order valence-corrected chi connectivity index (χ3v) is 2.11. The Morgan fingerprint density at radius 3 is 3.07 bits per heavy atom. The summed E-state index contributed by atoms with van der Waals surface area (Å²) >= 11 is 0. The van der Waals surface area contributed by atoms with Crippen molar-refractivity contribution in [3.8, 4) is 5.88 Å². The van der Waals surface area contributed by atoms with Crippen molar-refractivity contribution in [2.24, 2.45) is 0 Å². The predicted octanol–water partition coefficient (Wildman–Crippen LogP) is 1.12. The number of pyridine rings is 1. The lowest BCUT2D eigenvalue weighted by Gasteiger charge is -2.13. The third kappa shape index (κ3) is 3.85. The SMILES string of the molecule is CCNC(C)c1ccnc(OCCO)c1. The van der Waals surface area contributed by atoms with Gasteiger partial charge in [-0.1, -0.05) is 6.92 Å². The fourth-order valence-corrected chi connectivity index (χ4v) is 1.35. The molecule has 1 rings (SSSR count). The van der Waals surface area contributed by atoms with Gasteiger partial charge in [-0.15, -0.1) is 0 Å². The molecule has 1 aromatic heterocycles. The molecule has 0 amide bonds. The van der Waals surface area contributed by atoms with E-state index in [-0.39, 0.29) is 19.3 Å². The molecule has 0 aliphatic carbocycles. The number of aromatic nitrogens is 1.